The minimum absolute atomic E-state index is 0.0832. The maximum Gasteiger partial charge on any atom is 0.573 e. The summed E-state index contributed by atoms with van der Waals surface area (Å²) in [6.45, 7) is 0.265. The van der Waals surface area contributed by atoms with Crippen molar-refractivity contribution >= 4 is 11.9 Å². The molecule has 0 heterocycles. The number of carboxylic acid groups (broad SMARTS) is 1. The largest absolute Gasteiger partial charge is 0.573 e. The number of amides is 1. The van der Waals surface area contributed by atoms with E-state index >= 15 is 0 Å². The standard InChI is InChI=1S/C38H31F10NO6/c39-32-16-13-25(17-31(32)36(40,41)42)33(50)49-35(26-3-1-5-29(18-26)54-37(43,44)45,27-4-2-6-30(19-27)55-38(46,47)48)20-22-9-14-28(15-10-22)53-21-23-7-11-24(12-8-23)34(51)52/h1-6,9-10,13-19,23-24H,7-8,11-12,20-21H2,(H,49,50)(H,51,52)/t23-,24-. The summed E-state index contributed by atoms with van der Waals surface area (Å²) in [5, 5.41) is 11.8. The van der Waals surface area contributed by atoms with Gasteiger partial charge in [-0.1, -0.05) is 36.4 Å². The molecule has 1 saturated carbocycles. The minimum atomic E-state index is -5.23. The predicted octanol–water partition coefficient (Wildman–Crippen LogP) is 9.83. The van der Waals surface area contributed by atoms with Crippen LogP contribution in [0.2, 0.25) is 0 Å². The van der Waals surface area contributed by atoms with Crippen LogP contribution in [0.15, 0.2) is 91.0 Å². The SMILES string of the molecule is O=C(NC(Cc1ccc(OC[C@H]2CC[C@H](C(=O)O)CC2)cc1)(c1cccc(OC(F)(F)F)c1)c1cccc(OC(F)(F)F)c1)c1ccc(F)c(C(F)(F)F)c1. The molecule has 294 valence electrons. The fourth-order valence-electron chi connectivity index (χ4n) is 6.43. The van der Waals surface area contributed by atoms with E-state index in [1.807, 2.05) is 0 Å². The molecular formula is C38H31F10NO6. The number of nitrogens with one attached hydrogen (secondary N) is 1. The normalized spacial score (nSPS) is 16.6. The molecule has 4 aromatic carbocycles. The lowest BCUT2D eigenvalue weighted by Gasteiger charge is -2.37. The van der Waals surface area contributed by atoms with Gasteiger partial charge in [0.15, 0.2) is 0 Å². The molecule has 0 aromatic heterocycles. The van der Waals surface area contributed by atoms with Crippen LogP contribution in [-0.2, 0) is 22.9 Å². The first kappa shape index (κ1) is 40.7. The Morgan fingerprint density at radius 1 is 0.691 bits per heavy atom. The highest BCUT2D eigenvalue weighted by molar-refractivity contribution is 5.95. The van der Waals surface area contributed by atoms with Crippen molar-refractivity contribution in [1.29, 1.82) is 0 Å². The molecule has 0 atom stereocenters. The quantitative estimate of drug-likeness (QED) is 0.139. The van der Waals surface area contributed by atoms with Gasteiger partial charge in [-0.3, -0.25) is 9.59 Å². The van der Waals surface area contributed by atoms with Gasteiger partial charge in [0.25, 0.3) is 5.91 Å². The summed E-state index contributed by atoms with van der Waals surface area (Å²) >= 11 is 0. The lowest BCUT2D eigenvalue weighted by atomic mass is 9.77. The first-order valence-electron chi connectivity index (χ1n) is 16.6. The fourth-order valence-corrected chi connectivity index (χ4v) is 6.43. The molecule has 0 unspecified atom stereocenters. The Bertz CT molecular complexity index is 1910. The third-order valence-corrected chi connectivity index (χ3v) is 9.06. The Morgan fingerprint density at radius 3 is 1.73 bits per heavy atom. The predicted molar refractivity (Wildman–Crippen MR) is 175 cm³/mol. The second-order valence-electron chi connectivity index (χ2n) is 12.9. The molecule has 4 aromatic rings. The van der Waals surface area contributed by atoms with E-state index in [1.54, 1.807) is 0 Å². The lowest BCUT2D eigenvalue weighted by molar-refractivity contribution is -0.275. The van der Waals surface area contributed by atoms with Crippen LogP contribution >= 0.6 is 0 Å². The van der Waals surface area contributed by atoms with E-state index in [-0.39, 0.29) is 29.7 Å². The Balaban J connectivity index is 1.58. The summed E-state index contributed by atoms with van der Waals surface area (Å²) in [6, 6.07) is 15.6. The average molecular weight is 788 g/mol. The van der Waals surface area contributed by atoms with Gasteiger partial charge in [0.05, 0.1) is 23.6 Å². The summed E-state index contributed by atoms with van der Waals surface area (Å²) in [4.78, 5) is 25.2. The average Bonchev–Trinajstić information content (AvgIpc) is 3.09. The zero-order valence-corrected chi connectivity index (χ0v) is 28.3. The van der Waals surface area contributed by atoms with Crippen molar-refractivity contribution in [3.05, 3.63) is 125 Å². The lowest BCUT2D eigenvalue weighted by Crippen LogP contribution is -2.48. The van der Waals surface area contributed by atoms with Crippen molar-refractivity contribution in [2.75, 3.05) is 6.61 Å². The Kier molecular flexibility index (Phi) is 11.9. The molecule has 1 amide bonds. The Hall–Kier alpha value is -5.48. The number of aliphatic carboxylic acids is 1. The number of carboxylic acids is 1. The second-order valence-corrected chi connectivity index (χ2v) is 12.9. The van der Waals surface area contributed by atoms with Gasteiger partial charge in [0, 0.05) is 12.0 Å². The maximum atomic E-state index is 14.2. The van der Waals surface area contributed by atoms with E-state index in [0.29, 0.717) is 43.1 Å². The van der Waals surface area contributed by atoms with E-state index in [0.717, 1.165) is 42.5 Å². The molecule has 17 heteroatoms. The van der Waals surface area contributed by atoms with Crippen molar-refractivity contribution in [2.45, 2.75) is 56.5 Å². The van der Waals surface area contributed by atoms with Crippen LogP contribution in [-0.4, -0.2) is 36.3 Å². The fraction of sp³-hybridized carbons (Fsp3) is 0.316. The van der Waals surface area contributed by atoms with Crippen LogP contribution in [0.5, 0.6) is 17.2 Å². The van der Waals surface area contributed by atoms with E-state index < -0.39 is 77.1 Å². The van der Waals surface area contributed by atoms with Gasteiger partial charge < -0.3 is 24.6 Å². The smallest absolute Gasteiger partial charge is 0.493 e. The van der Waals surface area contributed by atoms with Crippen molar-refractivity contribution in [3.8, 4) is 17.2 Å². The molecule has 0 bridgehead atoms. The first-order valence-corrected chi connectivity index (χ1v) is 16.6. The molecule has 7 nitrogen and oxygen atoms in total. The van der Waals surface area contributed by atoms with Crippen LogP contribution < -0.4 is 19.5 Å². The highest BCUT2D eigenvalue weighted by Crippen LogP contribution is 2.40. The zero-order valence-electron chi connectivity index (χ0n) is 28.3. The molecule has 0 saturated heterocycles. The van der Waals surface area contributed by atoms with Crippen LogP contribution in [0, 0.1) is 17.7 Å². The molecular weight excluding hydrogens is 756 g/mol. The van der Waals surface area contributed by atoms with Gasteiger partial charge in [0.2, 0.25) is 0 Å². The van der Waals surface area contributed by atoms with Gasteiger partial charge >= 0.3 is 24.9 Å². The van der Waals surface area contributed by atoms with Crippen LogP contribution in [0.4, 0.5) is 43.9 Å². The number of hydrogen-bond donors (Lipinski definition) is 2. The number of benzene rings is 4. The monoisotopic (exact) mass is 787 g/mol. The Labute approximate surface area is 306 Å². The van der Waals surface area contributed by atoms with E-state index in [2.05, 4.69) is 14.8 Å². The zero-order chi connectivity index (χ0) is 40.2. The topological polar surface area (TPSA) is 94.1 Å². The summed E-state index contributed by atoms with van der Waals surface area (Å²) in [5.74, 6) is -5.42. The first-order chi connectivity index (χ1) is 25.7. The summed E-state index contributed by atoms with van der Waals surface area (Å²) in [5.41, 5.74) is -4.79. The van der Waals surface area contributed by atoms with Gasteiger partial charge in [-0.25, -0.2) is 4.39 Å². The number of alkyl halides is 9. The number of halogens is 10. The van der Waals surface area contributed by atoms with Gasteiger partial charge in [-0.2, -0.15) is 13.2 Å². The van der Waals surface area contributed by atoms with Crippen LogP contribution in [0.3, 0.4) is 0 Å². The molecule has 2 N–H and O–H groups in total. The molecule has 1 aliphatic rings. The summed E-state index contributed by atoms with van der Waals surface area (Å²) in [6.07, 6.45) is -13.8. The van der Waals surface area contributed by atoms with Gasteiger partial charge in [0.1, 0.15) is 23.1 Å². The number of hydrogen-bond acceptors (Lipinski definition) is 5. The van der Waals surface area contributed by atoms with Gasteiger partial charge in [-0.15, -0.1) is 26.3 Å². The summed E-state index contributed by atoms with van der Waals surface area (Å²) < 4.78 is 149. The number of ether oxygens (including phenoxy) is 3. The molecule has 0 aliphatic heterocycles. The highest BCUT2D eigenvalue weighted by atomic mass is 19.4. The van der Waals surface area contributed by atoms with Crippen molar-refractivity contribution in [2.24, 2.45) is 11.8 Å². The van der Waals surface area contributed by atoms with E-state index in [1.165, 1.54) is 36.4 Å². The van der Waals surface area contributed by atoms with Gasteiger partial charge in [-0.05, 0) is 103 Å². The van der Waals surface area contributed by atoms with Crippen LogP contribution in [0.1, 0.15) is 58.3 Å². The Morgan fingerprint density at radius 2 is 1.24 bits per heavy atom. The van der Waals surface area contributed by atoms with E-state index in [4.69, 9.17) is 4.74 Å². The maximum absolute atomic E-state index is 14.2. The van der Waals surface area contributed by atoms with Crippen molar-refractivity contribution in [1.82, 2.24) is 5.32 Å². The van der Waals surface area contributed by atoms with Crippen molar-refractivity contribution in [3.63, 3.8) is 0 Å². The third kappa shape index (κ3) is 10.8. The molecule has 1 aliphatic carbocycles. The summed E-state index contributed by atoms with van der Waals surface area (Å²) in [7, 11) is 0. The number of carbonyl (C=O) groups excluding carboxylic acids is 1. The highest BCUT2D eigenvalue weighted by Gasteiger charge is 2.41. The molecule has 0 spiro atoms. The van der Waals surface area contributed by atoms with E-state index in [9.17, 15) is 58.6 Å². The molecule has 1 fully saturated rings. The number of carbonyl (C=O) groups is 2. The number of rotatable bonds is 12. The molecule has 5 rings (SSSR count). The third-order valence-electron chi connectivity index (χ3n) is 9.06. The molecule has 55 heavy (non-hydrogen) atoms. The minimum Gasteiger partial charge on any atom is -0.493 e. The van der Waals surface area contributed by atoms with Crippen molar-refractivity contribution < 1.29 is 72.8 Å². The van der Waals surface area contributed by atoms with Crippen LogP contribution in [0.25, 0.3) is 0 Å². The molecule has 0 radical (unpaired) electrons. The second kappa shape index (κ2) is 16.1.